The van der Waals surface area contributed by atoms with Gasteiger partial charge < -0.3 is 20.1 Å². The summed E-state index contributed by atoms with van der Waals surface area (Å²) in [7, 11) is 0. The van der Waals surface area contributed by atoms with Gasteiger partial charge in [-0.05, 0) is 29.5 Å². The van der Waals surface area contributed by atoms with Gasteiger partial charge in [-0.3, -0.25) is 4.79 Å². The summed E-state index contributed by atoms with van der Waals surface area (Å²) in [6.07, 6.45) is -0.625. The molecule has 0 saturated heterocycles. The number of hydrogen-bond acceptors (Lipinski definition) is 4. The zero-order valence-corrected chi connectivity index (χ0v) is 14.9. The Morgan fingerprint density at radius 1 is 1.15 bits per heavy atom. The van der Waals surface area contributed by atoms with Gasteiger partial charge in [-0.25, -0.2) is 0 Å². The Morgan fingerprint density at radius 2 is 1.96 bits per heavy atom. The number of para-hydroxylation sites is 1. The molecule has 0 unspecified atom stereocenters. The number of benzene rings is 2. The van der Waals surface area contributed by atoms with E-state index in [9.17, 15) is 9.90 Å². The molecular formula is C21H24N2O3. The first kappa shape index (κ1) is 18.3. The Morgan fingerprint density at radius 3 is 2.77 bits per heavy atom. The third-order valence-electron chi connectivity index (χ3n) is 4.28. The highest BCUT2D eigenvalue weighted by Gasteiger charge is 2.07. The molecule has 3 rings (SSSR count). The summed E-state index contributed by atoms with van der Waals surface area (Å²) in [4.78, 5) is 15.1. The molecule has 0 spiro atoms. The van der Waals surface area contributed by atoms with E-state index in [-0.39, 0.29) is 12.2 Å². The number of aryl methyl sites for hydroxylation is 1. The Bertz CT molecular complexity index is 906. The molecule has 0 aliphatic rings. The predicted molar refractivity (Wildman–Crippen MR) is 103 cm³/mol. The molecule has 3 N–H and O–H groups in total. The van der Waals surface area contributed by atoms with Gasteiger partial charge in [0.05, 0.1) is 24.8 Å². The van der Waals surface area contributed by atoms with Crippen LogP contribution in [0.4, 0.5) is 0 Å². The van der Waals surface area contributed by atoms with Gasteiger partial charge in [0.2, 0.25) is 0 Å². The lowest BCUT2D eigenvalue weighted by molar-refractivity contribution is 0.0287. The van der Waals surface area contributed by atoms with Crippen molar-refractivity contribution in [1.29, 1.82) is 0 Å². The molecule has 1 atom stereocenters. The number of aromatic nitrogens is 1. The van der Waals surface area contributed by atoms with Gasteiger partial charge in [-0.1, -0.05) is 48.5 Å². The van der Waals surface area contributed by atoms with Crippen molar-refractivity contribution in [1.82, 2.24) is 10.3 Å². The van der Waals surface area contributed by atoms with Crippen molar-refractivity contribution in [2.75, 3.05) is 13.2 Å². The molecule has 1 heterocycles. The number of ether oxygens (including phenoxy) is 1. The molecule has 2 aromatic carbocycles. The van der Waals surface area contributed by atoms with Crippen LogP contribution in [-0.2, 0) is 17.9 Å². The number of pyridine rings is 1. The Kier molecular flexibility index (Phi) is 6.17. The van der Waals surface area contributed by atoms with Gasteiger partial charge in [0.15, 0.2) is 0 Å². The molecule has 5 heteroatoms. The fourth-order valence-electron chi connectivity index (χ4n) is 2.88. The molecule has 26 heavy (non-hydrogen) atoms. The van der Waals surface area contributed by atoms with E-state index >= 15 is 0 Å². The monoisotopic (exact) mass is 352 g/mol. The van der Waals surface area contributed by atoms with Crippen LogP contribution in [-0.4, -0.2) is 29.3 Å². The standard InChI is InChI=1S/C21H24N2O3/c1-15-6-5-9-17-10-18(21(25)23-20(15)17)11-22-12-19(24)14-26-13-16-7-3-2-4-8-16/h2-10,19,22,24H,11-14H2,1H3,(H,23,25)/t19-/m0/s1. The van der Waals surface area contributed by atoms with E-state index in [1.54, 1.807) is 0 Å². The molecule has 0 radical (unpaired) electrons. The maximum Gasteiger partial charge on any atom is 0.252 e. The summed E-state index contributed by atoms with van der Waals surface area (Å²) in [5.74, 6) is 0. The number of nitrogens with one attached hydrogen (secondary N) is 2. The first-order valence-corrected chi connectivity index (χ1v) is 8.75. The molecule has 0 bridgehead atoms. The lowest BCUT2D eigenvalue weighted by atomic mass is 10.1. The van der Waals surface area contributed by atoms with Crippen molar-refractivity contribution in [3.63, 3.8) is 0 Å². The first-order chi connectivity index (χ1) is 12.6. The number of aliphatic hydroxyl groups excluding tert-OH is 1. The normalized spacial score (nSPS) is 12.4. The zero-order chi connectivity index (χ0) is 18.4. The van der Waals surface area contributed by atoms with Gasteiger partial charge in [0.25, 0.3) is 5.56 Å². The average molecular weight is 352 g/mol. The van der Waals surface area contributed by atoms with E-state index in [0.717, 1.165) is 22.0 Å². The number of H-pyrrole nitrogens is 1. The second-order valence-electron chi connectivity index (χ2n) is 6.45. The van der Waals surface area contributed by atoms with Crippen LogP contribution in [0.2, 0.25) is 0 Å². The third-order valence-corrected chi connectivity index (χ3v) is 4.28. The lowest BCUT2D eigenvalue weighted by Gasteiger charge is -2.13. The van der Waals surface area contributed by atoms with Crippen molar-refractivity contribution in [2.24, 2.45) is 0 Å². The zero-order valence-electron chi connectivity index (χ0n) is 14.9. The van der Waals surface area contributed by atoms with Gasteiger partial charge >= 0.3 is 0 Å². The number of fused-ring (bicyclic) bond motifs is 1. The number of aromatic amines is 1. The minimum absolute atomic E-state index is 0.103. The van der Waals surface area contributed by atoms with Gasteiger partial charge in [0.1, 0.15) is 0 Å². The number of aliphatic hydroxyl groups is 1. The second-order valence-corrected chi connectivity index (χ2v) is 6.45. The van der Waals surface area contributed by atoms with Crippen molar-refractivity contribution in [3.8, 4) is 0 Å². The number of hydrogen-bond donors (Lipinski definition) is 3. The summed E-state index contributed by atoms with van der Waals surface area (Å²) < 4.78 is 5.52. The average Bonchev–Trinajstić information content (AvgIpc) is 2.64. The SMILES string of the molecule is Cc1cccc2cc(CNC[C@H](O)COCc3ccccc3)c(=O)[nH]c12. The van der Waals surface area contributed by atoms with Crippen LogP contribution in [0.25, 0.3) is 10.9 Å². The fraction of sp³-hybridized carbons (Fsp3) is 0.286. The van der Waals surface area contributed by atoms with Crippen LogP contribution in [0.5, 0.6) is 0 Å². The highest BCUT2D eigenvalue weighted by molar-refractivity contribution is 5.81. The molecule has 0 aliphatic carbocycles. The second kappa shape index (κ2) is 8.76. The summed E-state index contributed by atoms with van der Waals surface area (Å²) in [5, 5.41) is 14.1. The van der Waals surface area contributed by atoms with Crippen molar-refractivity contribution in [3.05, 3.63) is 81.6 Å². The molecule has 0 aliphatic heterocycles. The van der Waals surface area contributed by atoms with Crippen LogP contribution in [0.15, 0.2) is 59.4 Å². The van der Waals surface area contributed by atoms with E-state index in [4.69, 9.17) is 4.74 Å². The molecule has 136 valence electrons. The smallest absolute Gasteiger partial charge is 0.252 e. The predicted octanol–water partition coefficient (Wildman–Crippen LogP) is 2.50. The minimum atomic E-state index is -0.625. The van der Waals surface area contributed by atoms with Gasteiger partial charge in [-0.15, -0.1) is 0 Å². The van der Waals surface area contributed by atoms with Crippen LogP contribution >= 0.6 is 0 Å². The summed E-state index contributed by atoms with van der Waals surface area (Å²) >= 11 is 0. The highest BCUT2D eigenvalue weighted by atomic mass is 16.5. The molecule has 0 amide bonds. The van der Waals surface area contributed by atoms with E-state index in [2.05, 4.69) is 10.3 Å². The summed E-state index contributed by atoms with van der Waals surface area (Å²) in [6.45, 7) is 3.45. The largest absolute Gasteiger partial charge is 0.389 e. The minimum Gasteiger partial charge on any atom is -0.389 e. The van der Waals surface area contributed by atoms with Gasteiger partial charge in [0, 0.05) is 18.7 Å². The van der Waals surface area contributed by atoms with Crippen molar-refractivity contribution in [2.45, 2.75) is 26.2 Å². The van der Waals surface area contributed by atoms with Crippen molar-refractivity contribution < 1.29 is 9.84 Å². The van der Waals surface area contributed by atoms with Crippen LogP contribution < -0.4 is 10.9 Å². The third kappa shape index (κ3) is 4.79. The van der Waals surface area contributed by atoms with E-state index in [1.807, 2.05) is 61.5 Å². The summed E-state index contributed by atoms with van der Waals surface area (Å²) in [6, 6.07) is 17.7. The molecule has 0 saturated carbocycles. The van der Waals surface area contributed by atoms with Crippen molar-refractivity contribution >= 4 is 10.9 Å². The molecule has 3 aromatic rings. The Labute approximate surface area is 152 Å². The Balaban J connectivity index is 1.47. The fourth-order valence-corrected chi connectivity index (χ4v) is 2.88. The quantitative estimate of drug-likeness (QED) is 0.582. The highest BCUT2D eigenvalue weighted by Crippen LogP contribution is 2.14. The van der Waals surface area contributed by atoms with Crippen LogP contribution in [0.1, 0.15) is 16.7 Å². The molecule has 5 nitrogen and oxygen atoms in total. The molecular weight excluding hydrogens is 328 g/mol. The van der Waals surface area contributed by atoms with E-state index in [1.165, 1.54) is 0 Å². The topological polar surface area (TPSA) is 74.3 Å². The van der Waals surface area contributed by atoms with E-state index in [0.29, 0.717) is 25.3 Å². The van der Waals surface area contributed by atoms with Gasteiger partial charge in [-0.2, -0.15) is 0 Å². The number of rotatable bonds is 8. The first-order valence-electron chi connectivity index (χ1n) is 8.75. The summed E-state index contributed by atoms with van der Waals surface area (Å²) in [5.41, 5.74) is 3.54. The lowest BCUT2D eigenvalue weighted by Crippen LogP contribution is -2.31. The maximum atomic E-state index is 12.2. The van der Waals surface area contributed by atoms with Crippen LogP contribution in [0.3, 0.4) is 0 Å². The molecule has 1 aromatic heterocycles. The molecule has 0 fully saturated rings. The maximum absolute atomic E-state index is 12.2. The van der Waals surface area contributed by atoms with E-state index < -0.39 is 6.10 Å². The van der Waals surface area contributed by atoms with Crippen LogP contribution in [0, 0.1) is 6.92 Å². The Hall–Kier alpha value is -2.47.